The standard InChI is InChI=1S/C12H25Cl.C8H15NO2/c1-2-3-4-5-6-7-8-9-10-11-12-13;1-7(8(10)11)5-4-6-9(2)3/h2-12H2,1H3;5H,4,6H2,1-3H3,(H,10,11). The highest BCUT2D eigenvalue weighted by molar-refractivity contribution is 6.17. The minimum Gasteiger partial charge on any atom is -0.478 e. The van der Waals surface area contributed by atoms with Gasteiger partial charge in [0.15, 0.2) is 0 Å². The summed E-state index contributed by atoms with van der Waals surface area (Å²) >= 11 is 5.60. The zero-order chi connectivity index (χ0) is 18.6. The van der Waals surface area contributed by atoms with Gasteiger partial charge in [-0.3, -0.25) is 0 Å². The van der Waals surface area contributed by atoms with Gasteiger partial charge in [0.2, 0.25) is 0 Å². The summed E-state index contributed by atoms with van der Waals surface area (Å²) < 4.78 is 0. The molecule has 1 N–H and O–H groups in total. The summed E-state index contributed by atoms with van der Waals surface area (Å²) in [7, 11) is 3.92. The summed E-state index contributed by atoms with van der Waals surface area (Å²) in [5.41, 5.74) is 0.423. The summed E-state index contributed by atoms with van der Waals surface area (Å²) in [6.07, 6.45) is 16.4. The fourth-order valence-corrected chi connectivity index (χ4v) is 2.40. The van der Waals surface area contributed by atoms with E-state index in [-0.39, 0.29) is 0 Å². The first-order valence-corrected chi connectivity index (χ1v) is 10.1. The smallest absolute Gasteiger partial charge is 0.330 e. The van der Waals surface area contributed by atoms with Crippen molar-refractivity contribution >= 4 is 17.6 Å². The molecule has 0 saturated heterocycles. The van der Waals surface area contributed by atoms with Crippen LogP contribution in [-0.2, 0) is 4.79 Å². The molecule has 24 heavy (non-hydrogen) atoms. The molecular formula is C20H40ClNO2. The fraction of sp³-hybridized carbons (Fsp3) is 0.850. The predicted octanol–water partition coefficient (Wildman–Crippen LogP) is 6.12. The largest absolute Gasteiger partial charge is 0.478 e. The number of hydrogen-bond donors (Lipinski definition) is 1. The Bertz CT molecular complexity index is 294. The number of halogens is 1. The van der Waals surface area contributed by atoms with Crippen molar-refractivity contribution in [1.82, 2.24) is 4.90 Å². The molecule has 3 nitrogen and oxygen atoms in total. The summed E-state index contributed by atoms with van der Waals surface area (Å²) in [6, 6.07) is 0. The van der Waals surface area contributed by atoms with Crippen LogP contribution in [0.2, 0.25) is 0 Å². The topological polar surface area (TPSA) is 40.5 Å². The van der Waals surface area contributed by atoms with Gasteiger partial charge in [-0.2, -0.15) is 0 Å². The molecule has 0 aliphatic heterocycles. The molecule has 0 amide bonds. The number of nitrogens with zero attached hydrogens (tertiary/aromatic N) is 1. The van der Waals surface area contributed by atoms with E-state index >= 15 is 0 Å². The lowest BCUT2D eigenvalue weighted by Gasteiger charge is -2.05. The molecule has 144 valence electrons. The van der Waals surface area contributed by atoms with Crippen LogP contribution >= 0.6 is 11.6 Å². The van der Waals surface area contributed by atoms with Crippen LogP contribution in [0, 0.1) is 0 Å². The molecule has 0 saturated carbocycles. The molecule has 0 aromatic rings. The van der Waals surface area contributed by atoms with E-state index in [1.807, 2.05) is 19.0 Å². The van der Waals surface area contributed by atoms with Gasteiger partial charge in [0, 0.05) is 18.0 Å². The van der Waals surface area contributed by atoms with Crippen molar-refractivity contribution in [2.75, 3.05) is 26.5 Å². The quantitative estimate of drug-likeness (QED) is 0.230. The third-order valence-corrected chi connectivity index (χ3v) is 4.12. The molecule has 0 unspecified atom stereocenters. The Balaban J connectivity index is 0. The minimum absolute atomic E-state index is 0.423. The van der Waals surface area contributed by atoms with Crippen LogP contribution in [0.4, 0.5) is 0 Å². The number of carboxylic acids is 1. The molecular weight excluding hydrogens is 322 g/mol. The molecule has 4 heteroatoms. The van der Waals surface area contributed by atoms with E-state index in [1.54, 1.807) is 13.0 Å². The minimum atomic E-state index is -0.830. The Morgan fingerprint density at radius 1 is 0.958 bits per heavy atom. The molecule has 0 fully saturated rings. The third-order valence-electron chi connectivity index (χ3n) is 3.85. The molecule has 0 radical (unpaired) electrons. The lowest BCUT2D eigenvalue weighted by molar-refractivity contribution is -0.132. The van der Waals surface area contributed by atoms with Crippen LogP contribution in [0.15, 0.2) is 11.6 Å². The van der Waals surface area contributed by atoms with E-state index in [9.17, 15) is 4.79 Å². The second kappa shape index (κ2) is 20.5. The predicted molar refractivity (Wildman–Crippen MR) is 107 cm³/mol. The lowest BCUT2D eigenvalue weighted by atomic mass is 10.1. The molecule has 0 rings (SSSR count). The highest BCUT2D eigenvalue weighted by Crippen LogP contribution is 2.10. The van der Waals surface area contributed by atoms with Gasteiger partial charge in [0.25, 0.3) is 0 Å². The maximum atomic E-state index is 10.3. The van der Waals surface area contributed by atoms with Gasteiger partial charge >= 0.3 is 5.97 Å². The first-order valence-electron chi connectivity index (χ1n) is 9.56. The van der Waals surface area contributed by atoms with Crippen molar-refractivity contribution in [2.24, 2.45) is 0 Å². The molecule has 0 aromatic heterocycles. The number of hydrogen-bond acceptors (Lipinski definition) is 2. The van der Waals surface area contributed by atoms with Crippen molar-refractivity contribution in [1.29, 1.82) is 0 Å². The van der Waals surface area contributed by atoms with Crippen molar-refractivity contribution in [3.05, 3.63) is 11.6 Å². The fourth-order valence-electron chi connectivity index (χ4n) is 2.21. The van der Waals surface area contributed by atoms with Crippen LogP contribution in [0.3, 0.4) is 0 Å². The number of carboxylic acid groups (broad SMARTS) is 1. The number of aliphatic carboxylic acids is 1. The zero-order valence-corrected chi connectivity index (χ0v) is 17.2. The Labute approximate surface area is 155 Å². The van der Waals surface area contributed by atoms with Crippen molar-refractivity contribution < 1.29 is 9.90 Å². The molecule has 0 heterocycles. The summed E-state index contributed by atoms with van der Waals surface area (Å²) in [4.78, 5) is 12.3. The van der Waals surface area contributed by atoms with Crippen LogP contribution < -0.4 is 0 Å². The zero-order valence-electron chi connectivity index (χ0n) is 16.5. The van der Waals surface area contributed by atoms with Gasteiger partial charge < -0.3 is 10.0 Å². The number of rotatable bonds is 14. The van der Waals surface area contributed by atoms with Gasteiger partial charge in [0.1, 0.15) is 0 Å². The lowest BCUT2D eigenvalue weighted by Crippen LogP contribution is -2.12. The average Bonchev–Trinajstić information content (AvgIpc) is 2.53. The Hall–Kier alpha value is -0.540. The summed E-state index contributed by atoms with van der Waals surface area (Å²) in [5, 5.41) is 8.47. The van der Waals surface area contributed by atoms with Gasteiger partial charge in [-0.05, 0) is 33.9 Å². The van der Waals surface area contributed by atoms with Crippen molar-refractivity contribution in [3.8, 4) is 0 Å². The number of carbonyl (C=O) groups is 1. The average molecular weight is 362 g/mol. The number of alkyl halides is 1. The maximum absolute atomic E-state index is 10.3. The molecule has 0 bridgehead atoms. The Morgan fingerprint density at radius 2 is 1.42 bits per heavy atom. The van der Waals surface area contributed by atoms with Crippen molar-refractivity contribution in [2.45, 2.75) is 84.5 Å². The van der Waals surface area contributed by atoms with E-state index in [0.29, 0.717) is 5.57 Å². The highest BCUT2D eigenvalue weighted by Gasteiger charge is 1.97. The summed E-state index contributed by atoms with van der Waals surface area (Å²) in [6.45, 7) is 4.77. The Kier molecular flexibility index (Phi) is 22.0. The van der Waals surface area contributed by atoms with Crippen LogP contribution in [0.5, 0.6) is 0 Å². The van der Waals surface area contributed by atoms with E-state index in [4.69, 9.17) is 16.7 Å². The molecule has 0 aromatic carbocycles. The third kappa shape index (κ3) is 23.7. The van der Waals surface area contributed by atoms with Crippen LogP contribution in [-0.4, -0.2) is 42.5 Å². The monoisotopic (exact) mass is 361 g/mol. The van der Waals surface area contributed by atoms with Gasteiger partial charge in [0.05, 0.1) is 0 Å². The van der Waals surface area contributed by atoms with Crippen LogP contribution in [0.1, 0.15) is 84.5 Å². The van der Waals surface area contributed by atoms with E-state index in [0.717, 1.165) is 18.8 Å². The number of unbranched alkanes of at least 4 members (excludes halogenated alkanes) is 9. The SMILES string of the molecule is CC(=CCCN(C)C)C(=O)O.CCCCCCCCCCCCCl. The second-order valence-corrected chi connectivity index (χ2v) is 7.03. The normalized spacial score (nSPS) is 11.3. The van der Waals surface area contributed by atoms with E-state index in [2.05, 4.69) is 6.92 Å². The maximum Gasteiger partial charge on any atom is 0.330 e. The van der Waals surface area contributed by atoms with Crippen LogP contribution in [0.25, 0.3) is 0 Å². The first kappa shape index (κ1) is 25.7. The van der Waals surface area contributed by atoms with Gasteiger partial charge in [-0.25, -0.2) is 4.79 Å². The van der Waals surface area contributed by atoms with Gasteiger partial charge in [-0.15, -0.1) is 11.6 Å². The highest BCUT2D eigenvalue weighted by atomic mass is 35.5. The molecule has 0 aliphatic carbocycles. The van der Waals surface area contributed by atoms with E-state index < -0.39 is 5.97 Å². The summed E-state index contributed by atoms with van der Waals surface area (Å²) in [5.74, 6) is 0.0139. The van der Waals surface area contributed by atoms with E-state index in [1.165, 1.54) is 64.2 Å². The van der Waals surface area contributed by atoms with Crippen molar-refractivity contribution in [3.63, 3.8) is 0 Å². The molecule has 0 atom stereocenters. The second-order valence-electron chi connectivity index (χ2n) is 6.66. The first-order chi connectivity index (χ1) is 11.5. The van der Waals surface area contributed by atoms with Gasteiger partial charge in [-0.1, -0.05) is 70.8 Å². The molecule has 0 spiro atoms. The molecule has 0 aliphatic rings. The Morgan fingerprint density at radius 3 is 1.79 bits per heavy atom.